The normalized spacial score (nSPS) is 19.4. The zero-order chi connectivity index (χ0) is 11.6. The molecule has 1 saturated heterocycles. The van der Waals surface area contributed by atoms with Gasteiger partial charge in [-0.05, 0) is 45.0 Å². The molecule has 0 aliphatic carbocycles. The highest BCUT2D eigenvalue weighted by atomic mass is 16.1. The van der Waals surface area contributed by atoms with Gasteiger partial charge in [0, 0.05) is 22.9 Å². The second kappa shape index (κ2) is 4.34. The number of carbonyl (C=O) groups is 1. The maximum atomic E-state index is 12.4. The molecular weight excluding hydrogens is 200 g/mol. The number of nitrogens with one attached hydrogen (secondary N) is 1. The largest absolute Gasteiger partial charge is 0.317 e. The van der Waals surface area contributed by atoms with Gasteiger partial charge in [0.05, 0.1) is 0 Å². The molecule has 0 aromatic carbocycles. The van der Waals surface area contributed by atoms with Crippen LogP contribution >= 0.6 is 0 Å². The Labute approximate surface area is 96.3 Å². The number of hydrogen-bond donors (Lipinski definition) is 1. The third-order valence-electron chi connectivity index (χ3n) is 3.43. The van der Waals surface area contributed by atoms with Gasteiger partial charge < -0.3 is 5.32 Å². The van der Waals surface area contributed by atoms with Crippen LogP contribution in [0.2, 0.25) is 0 Å². The van der Waals surface area contributed by atoms with Crippen LogP contribution in [0.25, 0.3) is 0 Å². The number of aryl methyl sites for hydroxylation is 1. The van der Waals surface area contributed by atoms with E-state index in [0.29, 0.717) is 0 Å². The lowest BCUT2D eigenvalue weighted by molar-refractivity contribution is 0.0762. The molecule has 1 N–H and O–H groups in total. The number of rotatable bonds is 2. The minimum atomic E-state index is -0.206. The zero-order valence-corrected chi connectivity index (χ0v) is 9.92. The Morgan fingerprint density at radius 1 is 1.38 bits per heavy atom. The van der Waals surface area contributed by atoms with E-state index >= 15 is 0 Å². The first-order valence-corrected chi connectivity index (χ1v) is 5.80. The first kappa shape index (κ1) is 11.3. The van der Waals surface area contributed by atoms with Gasteiger partial charge in [0.15, 0.2) is 5.78 Å². The van der Waals surface area contributed by atoms with E-state index in [9.17, 15) is 4.79 Å². The highest BCUT2D eigenvalue weighted by Crippen LogP contribution is 2.31. The van der Waals surface area contributed by atoms with Crippen molar-refractivity contribution in [3.05, 3.63) is 29.6 Å². The molecule has 0 radical (unpaired) electrons. The van der Waals surface area contributed by atoms with Crippen LogP contribution in [0, 0.1) is 12.3 Å². The van der Waals surface area contributed by atoms with Gasteiger partial charge in [-0.15, -0.1) is 0 Å². The molecule has 3 heteroatoms. The third kappa shape index (κ3) is 2.14. The van der Waals surface area contributed by atoms with E-state index in [-0.39, 0.29) is 11.2 Å². The fourth-order valence-electron chi connectivity index (χ4n) is 2.16. The molecule has 0 atom stereocenters. The van der Waals surface area contributed by atoms with Crippen LogP contribution < -0.4 is 5.32 Å². The van der Waals surface area contributed by atoms with Crippen LogP contribution in [-0.4, -0.2) is 23.9 Å². The molecule has 2 rings (SSSR count). The Balaban J connectivity index is 2.20. The zero-order valence-electron chi connectivity index (χ0n) is 9.92. The minimum Gasteiger partial charge on any atom is -0.317 e. The van der Waals surface area contributed by atoms with E-state index in [1.165, 1.54) is 0 Å². The number of pyridine rings is 1. The van der Waals surface area contributed by atoms with Gasteiger partial charge in [-0.3, -0.25) is 9.78 Å². The van der Waals surface area contributed by atoms with E-state index in [2.05, 4.69) is 17.2 Å². The van der Waals surface area contributed by atoms with Crippen molar-refractivity contribution in [2.24, 2.45) is 5.41 Å². The molecule has 1 aromatic heterocycles. The highest BCUT2D eigenvalue weighted by molar-refractivity contribution is 6.00. The van der Waals surface area contributed by atoms with Gasteiger partial charge in [-0.25, -0.2) is 0 Å². The Morgan fingerprint density at radius 2 is 2.06 bits per heavy atom. The Hall–Kier alpha value is -1.22. The molecule has 2 heterocycles. The van der Waals surface area contributed by atoms with E-state index < -0.39 is 0 Å². The van der Waals surface area contributed by atoms with E-state index in [4.69, 9.17) is 0 Å². The molecule has 1 fully saturated rings. The van der Waals surface area contributed by atoms with Crippen molar-refractivity contribution in [3.8, 4) is 0 Å². The Bertz CT molecular complexity index is 377. The third-order valence-corrected chi connectivity index (χ3v) is 3.43. The standard InChI is InChI=1S/C13H18N2O/c1-10-3-4-11(9-15-10)12(16)13(2)5-7-14-8-6-13/h3-4,9,14H,5-8H2,1-2H3. The predicted octanol–water partition coefficient (Wildman–Crippen LogP) is 1.96. The quantitative estimate of drug-likeness (QED) is 0.772. The lowest BCUT2D eigenvalue weighted by Crippen LogP contribution is -2.40. The number of piperidine rings is 1. The lowest BCUT2D eigenvalue weighted by atomic mass is 9.75. The van der Waals surface area contributed by atoms with E-state index in [1.807, 2.05) is 19.1 Å². The first-order valence-electron chi connectivity index (χ1n) is 5.80. The fraction of sp³-hybridized carbons (Fsp3) is 0.538. The average molecular weight is 218 g/mol. The minimum absolute atomic E-state index is 0.206. The topological polar surface area (TPSA) is 42.0 Å². The molecule has 0 saturated carbocycles. The number of ketones is 1. The molecule has 1 aliphatic heterocycles. The van der Waals surface area contributed by atoms with Gasteiger partial charge in [-0.2, -0.15) is 0 Å². The first-order chi connectivity index (χ1) is 7.62. The summed E-state index contributed by atoms with van der Waals surface area (Å²) in [6.45, 7) is 5.86. The average Bonchev–Trinajstić information content (AvgIpc) is 2.30. The lowest BCUT2D eigenvalue weighted by Gasteiger charge is -2.32. The smallest absolute Gasteiger partial charge is 0.170 e. The molecule has 0 bridgehead atoms. The number of hydrogen-bond acceptors (Lipinski definition) is 3. The maximum Gasteiger partial charge on any atom is 0.170 e. The molecule has 0 spiro atoms. The molecule has 0 amide bonds. The van der Waals surface area contributed by atoms with Crippen molar-refractivity contribution < 1.29 is 4.79 Å². The van der Waals surface area contributed by atoms with Gasteiger partial charge in [0.25, 0.3) is 0 Å². The summed E-state index contributed by atoms with van der Waals surface area (Å²) in [4.78, 5) is 16.6. The summed E-state index contributed by atoms with van der Waals surface area (Å²) < 4.78 is 0. The monoisotopic (exact) mass is 218 g/mol. The molecule has 86 valence electrons. The second-order valence-electron chi connectivity index (χ2n) is 4.83. The van der Waals surface area contributed by atoms with Crippen LogP contribution in [-0.2, 0) is 0 Å². The van der Waals surface area contributed by atoms with Gasteiger partial charge >= 0.3 is 0 Å². The molecule has 0 unspecified atom stereocenters. The van der Waals surface area contributed by atoms with Crippen molar-refractivity contribution in [2.45, 2.75) is 26.7 Å². The van der Waals surface area contributed by atoms with Crippen LogP contribution in [0.5, 0.6) is 0 Å². The molecule has 16 heavy (non-hydrogen) atoms. The number of aromatic nitrogens is 1. The molecule has 1 aliphatic rings. The van der Waals surface area contributed by atoms with Crippen molar-refractivity contribution >= 4 is 5.78 Å². The summed E-state index contributed by atoms with van der Waals surface area (Å²) in [6.07, 6.45) is 3.53. The Morgan fingerprint density at radius 3 is 2.62 bits per heavy atom. The molecule has 1 aromatic rings. The summed E-state index contributed by atoms with van der Waals surface area (Å²) in [5, 5.41) is 3.29. The summed E-state index contributed by atoms with van der Waals surface area (Å²) in [5.41, 5.74) is 1.49. The summed E-state index contributed by atoms with van der Waals surface area (Å²) in [6, 6.07) is 3.79. The fourth-order valence-corrected chi connectivity index (χ4v) is 2.16. The van der Waals surface area contributed by atoms with Crippen molar-refractivity contribution in [3.63, 3.8) is 0 Å². The van der Waals surface area contributed by atoms with Crippen LogP contribution in [0.4, 0.5) is 0 Å². The summed E-state index contributed by atoms with van der Waals surface area (Å²) in [5.74, 6) is 0.238. The molecule has 3 nitrogen and oxygen atoms in total. The SMILES string of the molecule is Cc1ccc(C(=O)C2(C)CCNCC2)cn1. The van der Waals surface area contributed by atoms with Crippen molar-refractivity contribution in [1.82, 2.24) is 10.3 Å². The van der Waals surface area contributed by atoms with E-state index in [0.717, 1.165) is 37.2 Å². The summed E-state index contributed by atoms with van der Waals surface area (Å²) in [7, 11) is 0. The molecular formula is C13H18N2O. The summed E-state index contributed by atoms with van der Waals surface area (Å²) >= 11 is 0. The van der Waals surface area contributed by atoms with Gasteiger partial charge in [-0.1, -0.05) is 6.92 Å². The Kier molecular flexibility index (Phi) is 3.06. The van der Waals surface area contributed by atoms with Crippen LogP contribution in [0.15, 0.2) is 18.3 Å². The number of carbonyl (C=O) groups excluding carboxylic acids is 1. The van der Waals surface area contributed by atoms with E-state index in [1.54, 1.807) is 6.20 Å². The second-order valence-corrected chi connectivity index (χ2v) is 4.83. The predicted molar refractivity (Wildman–Crippen MR) is 63.5 cm³/mol. The van der Waals surface area contributed by atoms with Gasteiger partial charge in [0.2, 0.25) is 0 Å². The van der Waals surface area contributed by atoms with Crippen molar-refractivity contribution in [1.29, 1.82) is 0 Å². The maximum absolute atomic E-state index is 12.4. The van der Waals surface area contributed by atoms with Crippen LogP contribution in [0.1, 0.15) is 35.8 Å². The number of nitrogens with zero attached hydrogens (tertiary/aromatic N) is 1. The number of Topliss-reactive ketones (excluding diaryl/α,β-unsaturated/α-hetero) is 1. The van der Waals surface area contributed by atoms with Crippen molar-refractivity contribution in [2.75, 3.05) is 13.1 Å². The van der Waals surface area contributed by atoms with Crippen LogP contribution in [0.3, 0.4) is 0 Å². The van der Waals surface area contributed by atoms with Gasteiger partial charge in [0.1, 0.15) is 0 Å². The highest BCUT2D eigenvalue weighted by Gasteiger charge is 2.34.